The maximum absolute atomic E-state index is 12.3. The third kappa shape index (κ3) is 4.67. The Balaban J connectivity index is 2.08. The van der Waals surface area contributed by atoms with Crippen LogP contribution < -0.4 is 8.92 Å². The molecule has 0 heterocycles. The fourth-order valence-corrected chi connectivity index (χ4v) is 2.02. The summed E-state index contributed by atoms with van der Waals surface area (Å²) < 4.78 is 43.5. The summed E-state index contributed by atoms with van der Waals surface area (Å²) in [6.45, 7) is 0. The standard InChI is InChI=1S/C12H8FIO4S/c13-19(15,16)18-12-7-5-11(6-8-12)17-10-3-1-9(14)2-4-10/h1-8H. The number of hydrogen-bond donors (Lipinski definition) is 0. The molecule has 0 aliphatic rings. The maximum Gasteiger partial charge on any atom is 0.488 e. The van der Waals surface area contributed by atoms with Crippen molar-refractivity contribution in [1.29, 1.82) is 0 Å². The molecule has 2 aromatic carbocycles. The van der Waals surface area contributed by atoms with Crippen LogP contribution in [0.4, 0.5) is 3.89 Å². The zero-order valence-electron chi connectivity index (χ0n) is 9.42. The smallest absolute Gasteiger partial charge is 0.457 e. The van der Waals surface area contributed by atoms with Gasteiger partial charge in [-0.25, -0.2) is 0 Å². The van der Waals surface area contributed by atoms with Crippen LogP contribution in [0.1, 0.15) is 0 Å². The van der Waals surface area contributed by atoms with Crippen molar-refractivity contribution in [3.8, 4) is 17.2 Å². The highest BCUT2D eigenvalue weighted by Crippen LogP contribution is 2.25. The summed E-state index contributed by atoms with van der Waals surface area (Å²) in [5.41, 5.74) is 0. The SMILES string of the molecule is O=S(=O)(F)Oc1ccc(Oc2ccc(I)cc2)cc1. The van der Waals surface area contributed by atoms with Crippen LogP contribution in [-0.4, -0.2) is 8.42 Å². The van der Waals surface area contributed by atoms with Crippen molar-refractivity contribution in [3.63, 3.8) is 0 Å². The zero-order valence-corrected chi connectivity index (χ0v) is 12.4. The third-order valence-corrected chi connectivity index (χ3v) is 3.18. The van der Waals surface area contributed by atoms with Gasteiger partial charge in [-0.3, -0.25) is 0 Å². The van der Waals surface area contributed by atoms with Crippen LogP contribution in [-0.2, 0) is 10.5 Å². The Morgan fingerprint density at radius 2 is 1.26 bits per heavy atom. The van der Waals surface area contributed by atoms with E-state index in [1.165, 1.54) is 24.3 Å². The number of benzene rings is 2. The van der Waals surface area contributed by atoms with Crippen molar-refractivity contribution in [2.45, 2.75) is 0 Å². The lowest BCUT2D eigenvalue weighted by atomic mass is 10.3. The molecule has 4 nitrogen and oxygen atoms in total. The van der Waals surface area contributed by atoms with Crippen molar-refractivity contribution < 1.29 is 21.2 Å². The molecule has 0 saturated carbocycles. The molecule has 0 aromatic heterocycles. The molecule has 0 aliphatic carbocycles. The summed E-state index contributed by atoms with van der Waals surface area (Å²) in [5, 5.41) is 0. The van der Waals surface area contributed by atoms with E-state index in [0.717, 1.165) is 3.57 Å². The van der Waals surface area contributed by atoms with Gasteiger partial charge in [0.2, 0.25) is 0 Å². The van der Waals surface area contributed by atoms with Gasteiger partial charge in [0, 0.05) is 3.57 Å². The Morgan fingerprint density at radius 3 is 1.74 bits per heavy atom. The van der Waals surface area contributed by atoms with Crippen LogP contribution in [0.3, 0.4) is 0 Å². The molecule has 2 aromatic rings. The quantitative estimate of drug-likeness (QED) is 0.587. The summed E-state index contributed by atoms with van der Waals surface area (Å²) in [7, 11) is -5.00. The van der Waals surface area contributed by atoms with Crippen LogP contribution in [0.25, 0.3) is 0 Å². The van der Waals surface area contributed by atoms with E-state index in [4.69, 9.17) is 4.74 Å². The Bertz CT molecular complexity index is 653. The van der Waals surface area contributed by atoms with Crippen molar-refractivity contribution in [2.75, 3.05) is 0 Å². The van der Waals surface area contributed by atoms with Crippen LogP contribution >= 0.6 is 22.6 Å². The fourth-order valence-electron chi connectivity index (χ4n) is 1.32. The summed E-state index contributed by atoms with van der Waals surface area (Å²) in [5.74, 6) is 1.02. The van der Waals surface area contributed by atoms with Crippen LogP contribution in [0, 0.1) is 3.57 Å². The molecule has 0 aliphatic heterocycles. The van der Waals surface area contributed by atoms with E-state index >= 15 is 0 Å². The van der Waals surface area contributed by atoms with Gasteiger partial charge < -0.3 is 8.92 Å². The van der Waals surface area contributed by atoms with Gasteiger partial charge in [0.05, 0.1) is 0 Å². The average Bonchev–Trinajstić information content (AvgIpc) is 2.33. The fraction of sp³-hybridized carbons (Fsp3) is 0. The van der Waals surface area contributed by atoms with Crippen molar-refractivity contribution in [2.24, 2.45) is 0 Å². The minimum atomic E-state index is -5.00. The molecule has 2 rings (SSSR count). The second-order valence-electron chi connectivity index (χ2n) is 3.50. The first-order valence-electron chi connectivity index (χ1n) is 5.10. The predicted molar refractivity (Wildman–Crippen MR) is 76.3 cm³/mol. The van der Waals surface area contributed by atoms with Gasteiger partial charge in [-0.05, 0) is 71.1 Å². The topological polar surface area (TPSA) is 52.6 Å². The van der Waals surface area contributed by atoms with Gasteiger partial charge in [0.25, 0.3) is 0 Å². The molecule has 0 radical (unpaired) electrons. The average molecular weight is 394 g/mol. The summed E-state index contributed by atoms with van der Waals surface area (Å²) >= 11 is 2.18. The summed E-state index contributed by atoms with van der Waals surface area (Å²) in [6.07, 6.45) is 0. The molecular weight excluding hydrogens is 386 g/mol. The Hall–Kier alpha value is -1.35. The number of hydrogen-bond acceptors (Lipinski definition) is 4. The predicted octanol–water partition coefficient (Wildman–Crippen LogP) is 3.68. The van der Waals surface area contributed by atoms with Crippen LogP contribution in [0.5, 0.6) is 17.2 Å². The van der Waals surface area contributed by atoms with E-state index in [-0.39, 0.29) is 5.75 Å². The largest absolute Gasteiger partial charge is 0.488 e. The van der Waals surface area contributed by atoms with Crippen LogP contribution in [0.15, 0.2) is 48.5 Å². The van der Waals surface area contributed by atoms with Crippen molar-refractivity contribution in [1.82, 2.24) is 0 Å². The Morgan fingerprint density at radius 1 is 0.842 bits per heavy atom. The molecular formula is C12H8FIO4S. The van der Waals surface area contributed by atoms with E-state index in [1.807, 2.05) is 12.1 Å². The molecule has 100 valence electrons. The minimum Gasteiger partial charge on any atom is -0.457 e. The van der Waals surface area contributed by atoms with Gasteiger partial charge in [-0.2, -0.15) is 8.42 Å². The Labute approximate surface area is 123 Å². The van der Waals surface area contributed by atoms with Crippen molar-refractivity contribution >= 4 is 33.1 Å². The van der Waals surface area contributed by atoms with Crippen LogP contribution in [0.2, 0.25) is 0 Å². The lowest BCUT2D eigenvalue weighted by molar-refractivity contribution is 0.438. The minimum absolute atomic E-state index is 0.113. The van der Waals surface area contributed by atoms with Crippen molar-refractivity contribution in [3.05, 3.63) is 52.1 Å². The first kappa shape index (κ1) is 14.1. The molecule has 7 heteroatoms. The molecule has 0 amide bonds. The summed E-state index contributed by atoms with van der Waals surface area (Å²) in [6, 6.07) is 13.0. The van der Waals surface area contributed by atoms with E-state index in [9.17, 15) is 12.3 Å². The number of ether oxygens (including phenoxy) is 1. The van der Waals surface area contributed by atoms with Gasteiger partial charge in [-0.15, -0.1) is 0 Å². The van der Waals surface area contributed by atoms with E-state index in [0.29, 0.717) is 11.5 Å². The molecule has 0 N–H and O–H groups in total. The molecule has 19 heavy (non-hydrogen) atoms. The maximum atomic E-state index is 12.3. The summed E-state index contributed by atoms with van der Waals surface area (Å²) in [4.78, 5) is 0. The molecule has 0 spiro atoms. The van der Waals surface area contributed by atoms with Gasteiger partial charge in [0.1, 0.15) is 17.2 Å². The monoisotopic (exact) mass is 394 g/mol. The zero-order chi connectivity index (χ0) is 13.9. The highest BCUT2D eigenvalue weighted by molar-refractivity contribution is 14.1. The molecule has 0 atom stereocenters. The first-order chi connectivity index (χ1) is 8.92. The normalized spacial score (nSPS) is 11.1. The second kappa shape index (κ2) is 5.74. The molecule has 0 unspecified atom stereocenters. The highest BCUT2D eigenvalue weighted by Gasteiger charge is 2.09. The molecule has 0 saturated heterocycles. The second-order valence-corrected chi connectivity index (χ2v) is 5.70. The lowest BCUT2D eigenvalue weighted by Gasteiger charge is -2.06. The third-order valence-electron chi connectivity index (χ3n) is 2.07. The highest BCUT2D eigenvalue weighted by atomic mass is 127. The van der Waals surface area contributed by atoms with E-state index < -0.39 is 10.5 Å². The van der Waals surface area contributed by atoms with E-state index in [2.05, 4.69) is 26.8 Å². The van der Waals surface area contributed by atoms with Gasteiger partial charge >= 0.3 is 10.5 Å². The molecule has 0 bridgehead atoms. The van der Waals surface area contributed by atoms with E-state index in [1.54, 1.807) is 12.1 Å². The number of halogens is 2. The number of rotatable bonds is 4. The molecule has 0 fully saturated rings. The van der Waals surface area contributed by atoms with Gasteiger partial charge in [0.15, 0.2) is 0 Å². The lowest BCUT2D eigenvalue weighted by Crippen LogP contribution is -2.00. The van der Waals surface area contributed by atoms with Gasteiger partial charge in [-0.1, -0.05) is 3.89 Å². The first-order valence-corrected chi connectivity index (χ1v) is 7.49. The Kier molecular flexibility index (Phi) is 4.25.